The van der Waals surface area contributed by atoms with E-state index in [4.69, 9.17) is 5.10 Å². The Hall–Kier alpha value is -1.13. The monoisotopic (exact) mass is 333 g/mol. The van der Waals surface area contributed by atoms with Gasteiger partial charge in [0.15, 0.2) is 0 Å². The summed E-state index contributed by atoms with van der Waals surface area (Å²) < 4.78 is 3.10. The second-order valence-electron chi connectivity index (χ2n) is 5.44. The molecule has 1 aromatic carbocycles. The summed E-state index contributed by atoms with van der Waals surface area (Å²) in [5.74, 6) is 0.693. The molecule has 3 rings (SSSR count). The van der Waals surface area contributed by atoms with Crippen molar-refractivity contribution in [3.63, 3.8) is 0 Å². The van der Waals surface area contributed by atoms with Crippen LogP contribution in [0.1, 0.15) is 49.9 Å². The maximum atomic E-state index is 4.75. The van der Waals surface area contributed by atoms with Crippen LogP contribution in [0.3, 0.4) is 0 Å². The largest absolute Gasteiger partial charge is 0.310 e. The van der Waals surface area contributed by atoms with Crippen molar-refractivity contribution in [2.45, 2.75) is 38.6 Å². The average molecular weight is 334 g/mol. The van der Waals surface area contributed by atoms with E-state index in [1.54, 1.807) is 0 Å². The molecule has 0 radical (unpaired) electrons. The Balaban J connectivity index is 1.98. The van der Waals surface area contributed by atoms with Crippen LogP contribution in [0.5, 0.6) is 0 Å². The van der Waals surface area contributed by atoms with Gasteiger partial charge in [-0.1, -0.05) is 28.9 Å². The Bertz CT molecular complexity index is 602. The molecule has 106 valence electrons. The number of nitrogens with one attached hydrogen (secondary N) is 1. The number of hydrogen-bond acceptors (Lipinski definition) is 2. The van der Waals surface area contributed by atoms with Gasteiger partial charge in [0.1, 0.15) is 0 Å². The summed E-state index contributed by atoms with van der Waals surface area (Å²) in [6, 6.07) is 8.88. The summed E-state index contributed by atoms with van der Waals surface area (Å²) in [5.41, 5.74) is 3.66. The third-order valence-electron chi connectivity index (χ3n) is 3.82. The van der Waals surface area contributed by atoms with Crippen LogP contribution in [0.15, 0.2) is 34.9 Å². The van der Waals surface area contributed by atoms with Crippen molar-refractivity contribution in [2.75, 3.05) is 6.54 Å². The molecule has 1 saturated carbocycles. The molecule has 1 unspecified atom stereocenters. The van der Waals surface area contributed by atoms with Gasteiger partial charge in [-0.05, 0) is 50.1 Å². The fourth-order valence-electron chi connectivity index (χ4n) is 2.57. The molecular formula is C16H20BrN3. The maximum Gasteiger partial charge on any atom is 0.0704 e. The van der Waals surface area contributed by atoms with Gasteiger partial charge in [0, 0.05) is 22.6 Å². The van der Waals surface area contributed by atoms with E-state index < -0.39 is 0 Å². The van der Waals surface area contributed by atoms with Gasteiger partial charge in [-0.2, -0.15) is 5.10 Å². The zero-order valence-electron chi connectivity index (χ0n) is 11.9. The van der Waals surface area contributed by atoms with Crippen molar-refractivity contribution in [2.24, 2.45) is 0 Å². The highest BCUT2D eigenvalue weighted by molar-refractivity contribution is 9.10. The zero-order valence-corrected chi connectivity index (χ0v) is 13.5. The molecule has 4 heteroatoms. The molecule has 1 fully saturated rings. The van der Waals surface area contributed by atoms with Crippen LogP contribution in [0, 0.1) is 0 Å². The Labute approximate surface area is 128 Å². The molecule has 1 aromatic heterocycles. The first-order chi connectivity index (χ1) is 9.69. The molecule has 0 amide bonds. The molecule has 1 aliphatic rings. The number of halogens is 1. The van der Waals surface area contributed by atoms with Crippen LogP contribution in [0.2, 0.25) is 0 Å². The summed E-state index contributed by atoms with van der Waals surface area (Å²) in [4.78, 5) is 0. The Morgan fingerprint density at radius 3 is 2.90 bits per heavy atom. The quantitative estimate of drug-likeness (QED) is 0.889. The maximum absolute atomic E-state index is 4.75. The summed E-state index contributed by atoms with van der Waals surface area (Å²) in [7, 11) is 0. The lowest BCUT2D eigenvalue weighted by atomic mass is 10.1. The minimum absolute atomic E-state index is 0.316. The molecule has 0 bridgehead atoms. The van der Waals surface area contributed by atoms with E-state index >= 15 is 0 Å². The van der Waals surface area contributed by atoms with Crippen molar-refractivity contribution in [1.29, 1.82) is 0 Å². The van der Waals surface area contributed by atoms with Gasteiger partial charge in [0.05, 0.1) is 11.4 Å². The lowest BCUT2D eigenvalue weighted by molar-refractivity contribution is 0.593. The van der Waals surface area contributed by atoms with Gasteiger partial charge in [-0.3, -0.25) is 0 Å². The fraction of sp³-hybridized carbons (Fsp3) is 0.438. The van der Waals surface area contributed by atoms with E-state index in [0.29, 0.717) is 12.0 Å². The summed E-state index contributed by atoms with van der Waals surface area (Å²) >= 11 is 3.57. The number of rotatable bonds is 5. The SMILES string of the molecule is CCNC(C)c1ccc(Br)cc1-n1ccc(C2CC2)n1. The normalized spacial score (nSPS) is 16.4. The van der Waals surface area contributed by atoms with E-state index in [1.807, 2.05) is 4.68 Å². The first kappa shape index (κ1) is 13.8. The average Bonchev–Trinajstić information content (AvgIpc) is 3.16. The fourth-order valence-corrected chi connectivity index (χ4v) is 2.92. The zero-order chi connectivity index (χ0) is 14.1. The highest BCUT2D eigenvalue weighted by atomic mass is 79.9. The smallest absolute Gasteiger partial charge is 0.0704 e. The molecule has 2 aromatic rings. The van der Waals surface area contributed by atoms with Crippen LogP contribution in [-0.2, 0) is 0 Å². The third-order valence-corrected chi connectivity index (χ3v) is 4.31. The van der Waals surface area contributed by atoms with Crippen LogP contribution in [-0.4, -0.2) is 16.3 Å². The van der Waals surface area contributed by atoms with Gasteiger partial charge >= 0.3 is 0 Å². The Morgan fingerprint density at radius 2 is 2.20 bits per heavy atom. The molecule has 0 aliphatic heterocycles. The third kappa shape index (κ3) is 2.81. The predicted molar refractivity (Wildman–Crippen MR) is 85.3 cm³/mol. The number of aromatic nitrogens is 2. The van der Waals surface area contributed by atoms with E-state index in [-0.39, 0.29) is 0 Å². The Kier molecular flexibility index (Phi) is 3.94. The predicted octanol–water partition coefficient (Wildman–Crippen LogP) is 4.18. The van der Waals surface area contributed by atoms with Crippen LogP contribution in [0.25, 0.3) is 5.69 Å². The molecule has 1 heterocycles. The van der Waals surface area contributed by atoms with Crippen molar-refractivity contribution in [3.05, 3.63) is 46.2 Å². The summed E-state index contributed by atoms with van der Waals surface area (Å²) in [6.45, 7) is 5.29. The summed E-state index contributed by atoms with van der Waals surface area (Å²) in [6.07, 6.45) is 4.66. The highest BCUT2D eigenvalue weighted by Gasteiger charge is 2.26. The second kappa shape index (κ2) is 5.70. The van der Waals surface area contributed by atoms with Gasteiger partial charge in [0.25, 0.3) is 0 Å². The lowest BCUT2D eigenvalue weighted by Gasteiger charge is -2.17. The molecule has 1 N–H and O–H groups in total. The molecule has 3 nitrogen and oxygen atoms in total. The van der Waals surface area contributed by atoms with Gasteiger partial charge in [-0.25, -0.2) is 4.68 Å². The van der Waals surface area contributed by atoms with E-state index in [9.17, 15) is 0 Å². The van der Waals surface area contributed by atoms with Crippen LogP contribution < -0.4 is 5.32 Å². The van der Waals surface area contributed by atoms with Gasteiger partial charge < -0.3 is 5.32 Å². The van der Waals surface area contributed by atoms with Gasteiger partial charge in [-0.15, -0.1) is 0 Å². The van der Waals surface area contributed by atoms with E-state index in [1.165, 1.54) is 24.1 Å². The Morgan fingerprint density at radius 1 is 1.40 bits per heavy atom. The number of benzene rings is 1. The van der Waals surface area contributed by atoms with E-state index in [2.05, 4.69) is 65.6 Å². The summed E-state index contributed by atoms with van der Waals surface area (Å²) in [5, 5.41) is 8.23. The molecule has 1 atom stereocenters. The first-order valence-corrected chi connectivity index (χ1v) is 8.07. The number of hydrogen-bond donors (Lipinski definition) is 1. The second-order valence-corrected chi connectivity index (χ2v) is 6.36. The first-order valence-electron chi connectivity index (χ1n) is 7.27. The molecule has 20 heavy (non-hydrogen) atoms. The molecular weight excluding hydrogens is 314 g/mol. The lowest BCUT2D eigenvalue weighted by Crippen LogP contribution is -2.19. The topological polar surface area (TPSA) is 29.9 Å². The standard InChI is InChI=1S/C16H20BrN3/c1-3-18-11(2)14-7-6-13(17)10-16(14)20-9-8-15(19-20)12-4-5-12/h6-12,18H,3-5H2,1-2H3. The van der Waals surface area contributed by atoms with Crippen molar-refractivity contribution in [3.8, 4) is 5.69 Å². The van der Waals surface area contributed by atoms with Crippen LogP contribution in [0.4, 0.5) is 0 Å². The van der Waals surface area contributed by atoms with Crippen molar-refractivity contribution < 1.29 is 0 Å². The van der Waals surface area contributed by atoms with Crippen molar-refractivity contribution in [1.82, 2.24) is 15.1 Å². The van der Waals surface area contributed by atoms with Crippen molar-refractivity contribution >= 4 is 15.9 Å². The minimum atomic E-state index is 0.316. The highest BCUT2D eigenvalue weighted by Crippen LogP contribution is 2.39. The molecule has 0 spiro atoms. The van der Waals surface area contributed by atoms with E-state index in [0.717, 1.165) is 16.7 Å². The minimum Gasteiger partial charge on any atom is -0.310 e. The molecule has 1 aliphatic carbocycles. The van der Waals surface area contributed by atoms with Crippen LogP contribution >= 0.6 is 15.9 Å². The number of nitrogens with zero attached hydrogens (tertiary/aromatic N) is 2. The molecule has 0 saturated heterocycles. The van der Waals surface area contributed by atoms with Gasteiger partial charge in [0.2, 0.25) is 0 Å².